The molecule has 112 valence electrons. The van der Waals surface area contributed by atoms with E-state index in [1.807, 2.05) is 30.5 Å². The zero-order valence-electron chi connectivity index (χ0n) is 11.7. The predicted octanol–water partition coefficient (Wildman–Crippen LogP) is 3.00. The van der Waals surface area contributed by atoms with Gasteiger partial charge < -0.3 is 5.32 Å². The molecule has 0 saturated carbocycles. The Morgan fingerprint density at radius 3 is 3.00 bits per heavy atom. The van der Waals surface area contributed by atoms with Crippen molar-refractivity contribution < 1.29 is 4.79 Å². The number of aromatic nitrogens is 4. The van der Waals surface area contributed by atoms with Crippen molar-refractivity contribution in [1.29, 1.82) is 0 Å². The van der Waals surface area contributed by atoms with Crippen LogP contribution in [0.3, 0.4) is 0 Å². The van der Waals surface area contributed by atoms with Crippen LogP contribution >= 0.6 is 22.9 Å². The SMILES string of the molecule is Cc1ccc(NC(=O)Cn2nnc(-c3cccs3)n2)c(Cl)c1. The molecule has 0 saturated heterocycles. The van der Waals surface area contributed by atoms with Crippen molar-refractivity contribution in [2.75, 3.05) is 5.32 Å². The normalized spacial score (nSPS) is 10.6. The zero-order chi connectivity index (χ0) is 15.5. The molecule has 0 fully saturated rings. The molecule has 0 atom stereocenters. The Morgan fingerprint density at radius 1 is 1.41 bits per heavy atom. The topological polar surface area (TPSA) is 72.7 Å². The number of carbonyl (C=O) groups is 1. The third kappa shape index (κ3) is 3.32. The van der Waals surface area contributed by atoms with E-state index in [1.165, 1.54) is 16.1 Å². The van der Waals surface area contributed by atoms with Gasteiger partial charge in [-0.05, 0) is 41.3 Å². The standard InChI is InChI=1S/C14H12ClN5OS/c1-9-4-5-11(10(15)7-9)16-13(21)8-20-18-14(17-19-20)12-3-2-6-22-12/h2-7H,8H2,1H3,(H,16,21). The van der Waals surface area contributed by atoms with Crippen molar-refractivity contribution in [3.05, 3.63) is 46.3 Å². The molecule has 22 heavy (non-hydrogen) atoms. The lowest BCUT2D eigenvalue weighted by molar-refractivity contribution is -0.117. The van der Waals surface area contributed by atoms with Crippen molar-refractivity contribution in [2.24, 2.45) is 0 Å². The summed E-state index contributed by atoms with van der Waals surface area (Å²) in [5.41, 5.74) is 1.59. The number of hydrogen-bond acceptors (Lipinski definition) is 5. The molecule has 1 N–H and O–H groups in total. The first-order valence-electron chi connectivity index (χ1n) is 6.49. The number of amides is 1. The van der Waals surface area contributed by atoms with Crippen LogP contribution in [0.15, 0.2) is 35.7 Å². The quantitative estimate of drug-likeness (QED) is 0.796. The number of carbonyl (C=O) groups excluding carboxylic acids is 1. The maximum absolute atomic E-state index is 12.0. The Bertz CT molecular complexity index is 799. The first-order valence-corrected chi connectivity index (χ1v) is 7.75. The molecule has 0 aliphatic heterocycles. The smallest absolute Gasteiger partial charge is 0.248 e. The van der Waals surface area contributed by atoms with E-state index < -0.39 is 0 Å². The number of rotatable bonds is 4. The minimum absolute atomic E-state index is 0.0252. The molecule has 0 bridgehead atoms. The van der Waals surface area contributed by atoms with Gasteiger partial charge in [0.2, 0.25) is 11.7 Å². The number of anilines is 1. The summed E-state index contributed by atoms with van der Waals surface area (Å²) >= 11 is 7.60. The minimum atomic E-state index is -0.263. The highest BCUT2D eigenvalue weighted by atomic mass is 35.5. The molecule has 2 heterocycles. The summed E-state index contributed by atoms with van der Waals surface area (Å²) in [5, 5.41) is 17.2. The lowest BCUT2D eigenvalue weighted by Crippen LogP contribution is -2.20. The number of nitrogens with one attached hydrogen (secondary N) is 1. The molecule has 0 aliphatic carbocycles. The number of hydrogen-bond donors (Lipinski definition) is 1. The fourth-order valence-corrected chi connectivity index (χ4v) is 2.78. The van der Waals surface area contributed by atoms with Crippen LogP contribution in [0.1, 0.15) is 5.56 Å². The third-order valence-corrected chi connectivity index (χ3v) is 4.06. The highest BCUT2D eigenvalue weighted by Gasteiger charge is 2.11. The maximum atomic E-state index is 12.0. The number of halogens is 1. The average molecular weight is 334 g/mol. The van der Waals surface area contributed by atoms with Gasteiger partial charge in [-0.25, -0.2) is 0 Å². The summed E-state index contributed by atoms with van der Waals surface area (Å²) < 4.78 is 0. The molecular formula is C14H12ClN5OS. The van der Waals surface area contributed by atoms with E-state index in [9.17, 15) is 4.79 Å². The molecule has 2 aromatic heterocycles. The van der Waals surface area contributed by atoms with Gasteiger partial charge in [0.25, 0.3) is 0 Å². The van der Waals surface area contributed by atoms with Crippen LogP contribution in [0.2, 0.25) is 5.02 Å². The van der Waals surface area contributed by atoms with E-state index in [2.05, 4.69) is 20.7 Å². The molecule has 0 radical (unpaired) electrons. The Labute approximate surface area is 135 Å². The second kappa shape index (κ2) is 6.25. The molecule has 0 spiro atoms. The summed E-state index contributed by atoms with van der Waals surface area (Å²) in [5.74, 6) is 0.247. The number of aryl methyl sites for hydroxylation is 1. The molecule has 0 aliphatic rings. The Hall–Kier alpha value is -2.25. The van der Waals surface area contributed by atoms with Gasteiger partial charge in [0.15, 0.2) is 0 Å². The van der Waals surface area contributed by atoms with Gasteiger partial charge in [-0.1, -0.05) is 23.7 Å². The van der Waals surface area contributed by atoms with Crippen molar-refractivity contribution in [3.8, 4) is 10.7 Å². The van der Waals surface area contributed by atoms with Crippen LogP contribution in [-0.2, 0) is 11.3 Å². The molecule has 3 rings (SSSR count). The molecule has 6 nitrogen and oxygen atoms in total. The zero-order valence-corrected chi connectivity index (χ0v) is 13.2. The summed E-state index contributed by atoms with van der Waals surface area (Å²) in [4.78, 5) is 14.2. The van der Waals surface area contributed by atoms with Crippen LogP contribution in [0.25, 0.3) is 10.7 Å². The van der Waals surface area contributed by atoms with Crippen molar-refractivity contribution in [3.63, 3.8) is 0 Å². The number of nitrogens with zero attached hydrogens (tertiary/aromatic N) is 4. The Morgan fingerprint density at radius 2 is 2.27 bits per heavy atom. The lowest BCUT2D eigenvalue weighted by atomic mass is 10.2. The van der Waals surface area contributed by atoms with Crippen molar-refractivity contribution >= 4 is 34.5 Å². The van der Waals surface area contributed by atoms with Gasteiger partial charge in [-0.2, -0.15) is 4.80 Å². The fraction of sp³-hybridized carbons (Fsp3) is 0.143. The molecule has 1 aromatic carbocycles. The number of tetrazole rings is 1. The van der Waals surface area contributed by atoms with E-state index in [0.29, 0.717) is 16.5 Å². The van der Waals surface area contributed by atoms with Crippen LogP contribution < -0.4 is 5.32 Å². The molecular weight excluding hydrogens is 322 g/mol. The summed E-state index contributed by atoms with van der Waals surface area (Å²) in [6, 6.07) is 9.25. The Kier molecular flexibility index (Phi) is 4.17. The van der Waals surface area contributed by atoms with Crippen LogP contribution in [0.4, 0.5) is 5.69 Å². The molecule has 8 heteroatoms. The molecule has 3 aromatic rings. The van der Waals surface area contributed by atoms with Crippen molar-refractivity contribution in [1.82, 2.24) is 20.2 Å². The highest BCUT2D eigenvalue weighted by molar-refractivity contribution is 7.13. The minimum Gasteiger partial charge on any atom is -0.323 e. The van der Waals surface area contributed by atoms with E-state index in [0.717, 1.165) is 10.4 Å². The Balaban J connectivity index is 1.67. The van der Waals surface area contributed by atoms with Crippen LogP contribution in [0.5, 0.6) is 0 Å². The number of thiophene rings is 1. The van der Waals surface area contributed by atoms with Gasteiger partial charge in [-0.3, -0.25) is 4.79 Å². The van der Waals surface area contributed by atoms with Gasteiger partial charge in [0.1, 0.15) is 6.54 Å². The fourth-order valence-electron chi connectivity index (χ4n) is 1.85. The lowest BCUT2D eigenvalue weighted by Gasteiger charge is -2.07. The van der Waals surface area contributed by atoms with Gasteiger partial charge in [-0.15, -0.1) is 21.5 Å². The monoisotopic (exact) mass is 333 g/mol. The van der Waals surface area contributed by atoms with E-state index in [-0.39, 0.29) is 12.5 Å². The summed E-state index contributed by atoms with van der Waals surface area (Å²) in [6.45, 7) is 1.91. The van der Waals surface area contributed by atoms with Crippen LogP contribution in [-0.4, -0.2) is 26.1 Å². The molecule has 1 amide bonds. The third-order valence-electron chi connectivity index (χ3n) is 2.88. The second-order valence-corrected chi connectivity index (χ2v) is 6.01. The number of benzene rings is 1. The maximum Gasteiger partial charge on any atom is 0.248 e. The van der Waals surface area contributed by atoms with E-state index >= 15 is 0 Å². The van der Waals surface area contributed by atoms with Gasteiger partial charge in [0, 0.05) is 0 Å². The average Bonchev–Trinajstić information content (AvgIpc) is 3.12. The van der Waals surface area contributed by atoms with E-state index in [1.54, 1.807) is 12.1 Å². The summed E-state index contributed by atoms with van der Waals surface area (Å²) in [6.07, 6.45) is 0. The van der Waals surface area contributed by atoms with Gasteiger partial charge >= 0.3 is 0 Å². The first kappa shape index (κ1) is 14.7. The second-order valence-electron chi connectivity index (χ2n) is 4.65. The molecule has 0 unspecified atom stereocenters. The largest absolute Gasteiger partial charge is 0.323 e. The predicted molar refractivity (Wildman–Crippen MR) is 85.9 cm³/mol. The van der Waals surface area contributed by atoms with Crippen molar-refractivity contribution in [2.45, 2.75) is 13.5 Å². The van der Waals surface area contributed by atoms with Gasteiger partial charge in [0.05, 0.1) is 15.6 Å². The highest BCUT2D eigenvalue weighted by Crippen LogP contribution is 2.23. The first-order chi connectivity index (χ1) is 10.6. The van der Waals surface area contributed by atoms with E-state index in [4.69, 9.17) is 11.6 Å². The summed E-state index contributed by atoms with van der Waals surface area (Å²) in [7, 11) is 0. The van der Waals surface area contributed by atoms with Crippen LogP contribution in [0, 0.1) is 6.92 Å².